The predicted molar refractivity (Wildman–Crippen MR) is 91.1 cm³/mol. The maximum absolute atomic E-state index is 12.0. The molecular weight excluding hydrogens is 290 g/mol. The Hall–Kier alpha value is -2.49. The average Bonchev–Trinajstić information content (AvgIpc) is 2.56. The van der Waals surface area contributed by atoms with Gasteiger partial charge in [0, 0.05) is 17.7 Å². The lowest BCUT2D eigenvalue weighted by Gasteiger charge is -2.13. The van der Waals surface area contributed by atoms with Crippen LogP contribution in [-0.4, -0.2) is 19.1 Å². The molecule has 0 bridgehead atoms. The molecule has 0 aliphatic carbocycles. The highest BCUT2D eigenvalue weighted by Gasteiger charge is 2.10. The molecule has 0 aliphatic rings. The molecule has 0 heterocycles. The van der Waals surface area contributed by atoms with E-state index in [0.29, 0.717) is 25.3 Å². The lowest BCUT2D eigenvalue weighted by Crippen LogP contribution is -2.22. The number of ether oxygens (including phenoxy) is 2. The van der Waals surface area contributed by atoms with Gasteiger partial charge in [0.05, 0.1) is 6.61 Å². The molecule has 4 nitrogen and oxygen atoms in total. The van der Waals surface area contributed by atoms with Crippen molar-refractivity contribution in [2.45, 2.75) is 27.4 Å². The summed E-state index contributed by atoms with van der Waals surface area (Å²) < 4.78 is 11.4. The fraction of sp³-hybridized carbons (Fsp3) is 0.316. The van der Waals surface area contributed by atoms with Crippen LogP contribution in [0.5, 0.6) is 11.5 Å². The SMILES string of the molecule is CCNC(=O)c1ccc(OCC)c(COc2ccc(C)cc2)c1. The first-order valence-electron chi connectivity index (χ1n) is 7.87. The molecule has 0 unspecified atom stereocenters. The topological polar surface area (TPSA) is 47.6 Å². The summed E-state index contributed by atoms with van der Waals surface area (Å²) >= 11 is 0. The Balaban J connectivity index is 2.17. The minimum atomic E-state index is -0.0906. The Morgan fingerprint density at radius 2 is 1.78 bits per heavy atom. The van der Waals surface area contributed by atoms with Crippen LogP contribution in [0.15, 0.2) is 42.5 Å². The van der Waals surface area contributed by atoms with Crippen LogP contribution in [0.1, 0.15) is 35.3 Å². The smallest absolute Gasteiger partial charge is 0.251 e. The second-order valence-electron chi connectivity index (χ2n) is 5.22. The summed E-state index contributed by atoms with van der Waals surface area (Å²) in [6, 6.07) is 13.3. The van der Waals surface area contributed by atoms with Crippen molar-refractivity contribution in [3.63, 3.8) is 0 Å². The summed E-state index contributed by atoms with van der Waals surface area (Å²) in [6.07, 6.45) is 0. The highest BCUT2D eigenvalue weighted by molar-refractivity contribution is 5.94. The lowest BCUT2D eigenvalue weighted by molar-refractivity contribution is 0.0955. The van der Waals surface area contributed by atoms with Crippen molar-refractivity contribution in [1.82, 2.24) is 5.32 Å². The van der Waals surface area contributed by atoms with Crippen LogP contribution in [0.2, 0.25) is 0 Å². The molecule has 2 rings (SSSR count). The van der Waals surface area contributed by atoms with E-state index in [1.807, 2.05) is 57.2 Å². The van der Waals surface area contributed by atoms with E-state index in [-0.39, 0.29) is 5.91 Å². The zero-order valence-electron chi connectivity index (χ0n) is 13.9. The molecule has 0 aromatic heterocycles. The van der Waals surface area contributed by atoms with Gasteiger partial charge >= 0.3 is 0 Å². The zero-order chi connectivity index (χ0) is 16.7. The first-order chi connectivity index (χ1) is 11.1. The van der Waals surface area contributed by atoms with E-state index in [2.05, 4.69) is 5.32 Å². The molecule has 0 spiro atoms. The molecule has 0 fully saturated rings. The van der Waals surface area contributed by atoms with Gasteiger partial charge < -0.3 is 14.8 Å². The Bertz CT molecular complexity index is 650. The van der Waals surface area contributed by atoms with E-state index in [4.69, 9.17) is 9.47 Å². The summed E-state index contributed by atoms with van der Waals surface area (Å²) in [7, 11) is 0. The Labute approximate surface area is 137 Å². The maximum atomic E-state index is 12.0. The minimum Gasteiger partial charge on any atom is -0.493 e. The van der Waals surface area contributed by atoms with Crippen LogP contribution >= 0.6 is 0 Å². The molecule has 122 valence electrons. The van der Waals surface area contributed by atoms with E-state index in [1.54, 1.807) is 6.07 Å². The van der Waals surface area contributed by atoms with E-state index >= 15 is 0 Å². The van der Waals surface area contributed by atoms with E-state index in [1.165, 1.54) is 5.56 Å². The summed E-state index contributed by atoms with van der Waals surface area (Å²) in [5, 5.41) is 2.80. The highest BCUT2D eigenvalue weighted by Crippen LogP contribution is 2.23. The maximum Gasteiger partial charge on any atom is 0.251 e. The van der Waals surface area contributed by atoms with Crippen molar-refractivity contribution in [2.75, 3.05) is 13.2 Å². The molecule has 0 saturated carbocycles. The van der Waals surface area contributed by atoms with Crippen molar-refractivity contribution in [1.29, 1.82) is 0 Å². The molecule has 23 heavy (non-hydrogen) atoms. The number of hydrogen-bond acceptors (Lipinski definition) is 3. The Kier molecular flexibility index (Phi) is 6.03. The summed E-state index contributed by atoms with van der Waals surface area (Å²) in [4.78, 5) is 12.0. The van der Waals surface area contributed by atoms with Crippen LogP contribution in [0, 0.1) is 6.92 Å². The fourth-order valence-electron chi connectivity index (χ4n) is 2.19. The third kappa shape index (κ3) is 4.74. The number of carbonyl (C=O) groups excluding carboxylic acids is 1. The largest absolute Gasteiger partial charge is 0.493 e. The first-order valence-corrected chi connectivity index (χ1v) is 7.87. The molecule has 1 N–H and O–H groups in total. The van der Waals surface area contributed by atoms with Crippen LogP contribution in [0.3, 0.4) is 0 Å². The molecule has 2 aromatic rings. The van der Waals surface area contributed by atoms with Crippen molar-refractivity contribution in [2.24, 2.45) is 0 Å². The highest BCUT2D eigenvalue weighted by atomic mass is 16.5. The monoisotopic (exact) mass is 313 g/mol. The van der Waals surface area contributed by atoms with Crippen molar-refractivity contribution in [3.8, 4) is 11.5 Å². The van der Waals surface area contributed by atoms with Gasteiger partial charge in [0.25, 0.3) is 5.91 Å². The quantitative estimate of drug-likeness (QED) is 0.847. The Morgan fingerprint density at radius 3 is 2.43 bits per heavy atom. The number of hydrogen-bond donors (Lipinski definition) is 1. The van der Waals surface area contributed by atoms with Crippen molar-refractivity contribution in [3.05, 3.63) is 59.2 Å². The van der Waals surface area contributed by atoms with E-state index in [0.717, 1.165) is 17.1 Å². The molecule has 4 heteroatoms. The normalized spacial score (nSPS) is 10.2. The van der Waals surface area contributed by atoms with Crippen LogP contribution in [0.4, 0.5) is 0 Å². The van der Waals surface area contributed by atoms with Crippen molar-refractivity contribution >= 4 is 5.91 Å². The summed E-state index contributed by atoms with van der Waals surface area (Å²) in [5.41, 5.74) is 2.65. The number of benzene rings is 2. The summed E-state index contributed by atoms with van der Waals surface area (Å²) in [5.74, 6) is 1.45. The molecule has 0 atom stereocenters. The fourth-order valence-corrected chi connectivity index (χ4v) is 2.19. The molecule has 2 aromatic carbocycles. The molecule has 0 saturated heterocycles. The van der Waals surface area contributed by atoms with Gasteiger partial charge in [-0.3, -0.25) is 4.79 Å². The number of rotatable bonds is 7. The minimum absolute atomic E-state index is 0.0906. The number of carbonyl (C=O) groups is 1. The molecular formula is C19H23NO3. The van der Waals surface area contributed by atoms with Gasteiger partial charge in [0.2, 0.25) is 0 Å². The second kappa shape index (κ2) is 8.22. The third-order valence-electron chi connectivity index (χ3n) is 3.38. The van der Waals surface area contributed by atoms with E-state index in [9.17, 15) is 4.79 Å². The van der Waals surface area contributed by atoms with Gasteiger partial charge in [-0.1, -0.05) is 17.7 Å². The van der Waals surface area contributed by atoms with Gasteiger partial charge in [-0.15, -0.1) is 0 Å². The van der Waals surface area contributed by atoms with Gasteiger partial charge in [0.15, 0.2) is 0 Å². The number of nitrogens with one attached hydrogen (secondary N) is 1. The van der Waals surface area contributed by atoms with Gasteiger partial charge in [-0.25, -0.2) is 0 Å². The predicted octanol–water partition coefficient (Wildman–Crippen LogP) is 3.72. The van der Waals surface area contributed by atoms with E-state index < -0.39 is 0 Å². The van der Waals surface area contributed by atoms with Crippen LogP contribution in [-0.2, 0) is 6.61 Å². The van der Waals surface area contributed by atoms with Gasteiger partial charge in [-0.05, 0) is 51.1 Å². The average molecular weight is 313 g/mol. The Morgan fingerprint density at radius 1 is 1.04 bits per heavy atom. The molecule has 0 aliphatic heterocycles. The third-order valence-corrected chi connectivity index (χ3v) is 3.38. The van der Waals surface area contributed by atoms with Gasteiger partial charge in [-0.2, -0.15) is 0 Å². The zero-order valence-corrected chi connectivity index (χ0v) is 13.9. The van der Waals surface area contributed by atoms with Gasteiger partial charge in [0.1, 0.15) is 18.1 Å². The number of aryl methyl sites for hydroxylation is 1. The van der Waals surface area contributed by atoms with Crippen LogP contribution in [0.25, 0.3) is 0 Å². The molecule has 1 amide bonds. The van der Waals surface area contributed by atoms with Crippen LogP contribution < -0.4 is 14.8 Å². The lowest BCUT2D eigenvalue weighted by atomic mass is 10.1. The molecule has 0 radical (unpaired) electrons. The summed E-state index contributed by atoms with van der Waals surface area (Å²) in [6.45, 7) is 7.38. The first kappa shape index (κ1) is 16.9. The number of amides is 1. The standard InChI is InChI=1S/C19H23NO3/c1-4-20-19(21)15-8-11-18(22-5-2)16(12-15)13-23-17-9-6-14(3)7-10-17/h6-12H,4-5,13H2,1-3H3,(H,20,21). The second-order valence-corrected chi connectivity index (χ2v) is 5.22. The van der Waals surface area contributed by atoms with Crippen molar-refractivity contribution < 1.29 is 14.3 Å².